The summed E-state index contributed by atoms with van der Waals surface area (Å²) in [6, 6.07) is 8.89. The van der Waals surface area contributed by atoms with E-state index < -0.39 is 0 Å². The van der Waals surface area contributed by atoms with Gasteiger partial charge in [-0.05, 0) is 74.3 Å². The molecule has 38 heavy (non-hydrogen) atoms. The lowest BCUT2D eigenvalue weighted by Crippen LogP contribution is -2.13. The number of allylic oxidation sites excluding steroid dienone is 2. The summed E-state index contributed by atoms with van der Waals surface area (Å²) >= 11 is 0. The molecule has 1 fully saturated rings. The quantitative estimate of drug-likeness (QED) is 0.137. The highest BCUT2D eigenvalue weighted by atomic mass is 14.9. The van der Waals surface area contributed by atoms with E-state index in [0.29, 0.717) is 0 Å². The topological polar surface area (TPSA) is 25.8 Å². The summed E-state index contributed by atoms with van der Waals surface area (Å²) in [5.41, 5.74) is 3.79. The van der Waals surface area contributed by atoms with E-state index in [0.717, 1.165) is 42.5 Å². The molecule has 2 nitrogen and oxygen atoms in total. The highest BCUT2D eigenvalue weighted by Crippen LogP contribution is 2.32. The molecular weight excluding hydrogens is 460 g/mol. The van der Waals surface area contributed by atoms with Gasteiger partial charge in [0.05, 0.1) is 0 Å². The molecule has 0 N–H and O–H groups in total. The highest BCUT2D eigenvalue weighted by molar-refractivity contribution is 5.55. The van der Waals surface area contributed by atoms with Crippen molar-refractivity contribution in [2.24, 2.45) is 11.8 Å². The van der Waals surface area contributed by atoms with E-state index in [1.54, 1.807) is 0 Å². The molecule has 2 aromatic rings. The fourth-order valence-corrected chi connectivity index (χ4v) is 5.98. The van der Waals surface area contributed by atoms with E-state index in [4.69, 9.17) is 0 Å². The van der Waals surface area contributed by atoms with Gasteiger partial charge in [-0.1, -0.05) is 127 Å². The first-order chi connectivity index (χ1) is 18.8. The van der Waals surface area contributed by atoms with Crippen LogP contribution in [0.1, 0.15) is 141 Å². The smallest absolute Gasteiger partial charge is 0.159 e. The van der Waals surface area contributed by atoms with Crippen molar-refractivity contribution < 1.29 is 0 Å². The van der Waals surface area contributed by atoms with Gasteiger partial charge in [-0.25, -0.2) is 9.97 Å². The number of unbranched alkanes of at least 4 members (excludes halogenated alkanes) is 10. The first-order valence-electron chi connectivity index (χ1n) is 16.3. The second-order valence-corrected chi connectivity index (χ2v) is 11.9. The molecule has 0 unspecified atom stereocenters. The normalized spacial score (nSPS) is 17.8. The molecule has 3 rings (SSSR count). The lowest BCUT2D eigenvalue weighted by molar-refractivity contribution is 0.289. The molecule has 1 heterocycles. The van der Waals surface area contributed by atoms with Crippen LogP contribution < -0.4 is 0 Å². The number of nitrogens with zero attached hydrogens (tertiary/aromatic N) is 2. The highest BCUT2D eigenvalue weighted by Gasteiger charge is 2.18. The monoisotopic (exact) mass is 516 g/mol. The van der Waals surface area contributed by atoms with Crippen LogP contribution in [0.5, 0.6) is 0 Å². The number of rotatable bonds is 19. The number of hydrogen-bond donors (Lipinski definition) is 0. The molecule has 2 heteroatoms. The third kappa shape index (κ3) is 12.3. The fourth-order valence-electron chi connectivity index (χ4n) is 5.98. The molecular formula is C36H56N2. The van der Waals surface area contributed by atoms with Gasteiger partial charge < -0.3 is 0 Å². The summed E-state index contributed by atoms with van der Waals surface area (Å²) in [5, 5.41) is 0. The van der Waals surface area contributed by atoms with E-state index in [1.807, 2.05) is 12.4 Å². The Labute approximate surface area is 235 Å². The van der Waals surface area contributed by atoms with Crippen LogP contribution in [0, 0.1) is 11.8 Å². The Balaban J connectivity index is 1.29. The molecule has 1 aromatic carbocycles. The molecule has 1 aliphatic rings. The molecule has 1 aromatic heterocycles. The van der Waals surface area contributed by atoms with Crippen LogP contribution in [0.3, 0.4) is 0 Å². The maximum Gasteiger partial charge on any atom is 0.159 e. The minimum Gasteiger partial charge on any atom is -0.236 e. The Morgan fingerprint density at radius 1 is 0.658 bits per heavy atom. The maximum atomic E-state index is 4.67. The maximum absolute atomic E-state index is 4.67. The van der Waals surface area contributed by atoms with E-state index in [2.05, 4.69) is 60.2 Å². The molecule has 0 aliphatic heterocycles. The second kappa shape index (κ2) is 19.2. The van der Waals surface area contributed by atoms with Crippen LogP contribution in [-0.4, -0.2) is 9.97 Å². The van der Waals surface area contributed by atoms with Crippen molar-refractivity contribution in [2.75, 3.05) is 0 Å². The Morgan fingerprint density at radius 2 is 1.26 bits per heavy atom. The van der Waals surface area contributed by atoms with Crippen LogP contribution in [-0.2, 0) is 12.8 Å². The fraction of sp³-hybridized carbons (Fsp3) is 0.667. The molecule has 0 spiro atoms. The Kier molecular flexibility index (Phi) is 15.4. The minimum absolute atomic E-state index is 0.820. The van der Waals surface area contributed by atoms with E-state index in [-0.39, 0.29) is 0 Å². The number of hydrogen-bond acceptors (Lipinski definition) is 2. The molecule has 0 atom stereocenters. The molecule has 0 radical (unpaired) electrons. The summed E-state index contributed by atoms with van der Waals surface area (Å²) in [6.07, 6.45) is 36.1. The Hall–Kier alpha value is -1.96. The van der Waals surface area contributed by atoms with E-state index >= 15 is 0 Å². The van der Waals surface area contributed by atoms with Gasteiger partial charge in [0, 0.05) is 18.0 Å². The van der Waals surface area contributed by atoms with Gasteiger partial charge in [0.1, 0.15) is 0 Å². The second-order valence-electron chi connectivity index (χ2n) is 11.9. The number of benzene rings is 1. The van der Waals surface area contributed by atoms with Gasteiger partial charge >= 0.3 is 0 Å². The SMILES string of the molecule is CCCCCCCCCCCc1cnc(-c2ccc(CC/C=C/C3CCC(CCCCC)CC3)cc2)nc1. The number of aromatic nitrogens is 2. The summed E-state index contributed by atoms with van der Waals surface area (Å²) in [5.74, 6) is 2.67. The van der Waals surface area contributed by atoms with Gasteiger partial charge in [-0.2, -0.15) is 0 Å². The van der Waals surface area contributed by atoms with Crippen molar-refractivity contribution in [3.8, 4) is 11.4 Å². The molecule has 1 aliphatic carbocycles. The van der Waals surface area contributed by atoms with Gasteiger partial charge in [0.25, 0.3) is 0 Å². The zero-order valence-electron chi connectivity index (χ0n) is 24.8. The van der Waals surface area contributed by atoms with Crippen molar-refractivity contribution >= 4 is 0 Å². The van der Waals surface area contributed by atoms with Gasteiger partial charge in [-0.15, -0.1) is 0 Å². The minimum atomic E-state index is 0.820. The van der Waals surface area contributed by atoms with Crippen LogP contribution in [0.4, 0.5) is 0 Å². The predicted molar refractivity (Wildman–Crippen MR) is 165 cm³/mol. The molecule has 1 saturated carbocycles. The van der Waals surface area contributed by atoms with E-state index in [1.165, 1.54) is 120 Å². The van der Waals surface area contributed by atoms with Crippen molar-refractivity contribution in [3.63, 3.8) is 0 Å². The lowest BCUT2D eigenvalue weighted by atomic mass is 9.79. The molecule has 0 bridgehead atoms. The van der Waals surface area contributed by atoms with Crippen LogP contribution in [0.25, 0.3) is 11.4 Å². The van der Waals surface area contributed by atoms with Crippen LogP contribution >= 0.6 is 0 Å². The number of aryl methyl sites for hydroxylation is 2. The Bertz CT molecular complexity index is 859. The summed E-state index contributed by atoms with van der Waals surface area (Å²) in [4.78, 5) is 9.33. The zero-order chi connectivity index (χ0) is 26.7. The third-order valence-electron chi connectivity index (χ3n) is 8.60. The summed E-state index contributed by atoms with van der Waals surface area (Å²) in [6.45, 7) is 4.59. The largest absolute Gasteiger partial charge is 0.236 e. The summed E-state index contributed by atoms with van der Waals surface area (Å²) in [7, 11) is 0. The van der Waals surface area contributed by atoms with Gasteiger partial charge in [0.15, 0.2) is 5.82 Å². The van der Waals surface area contributed by atoms with Crippen LogP contribution in [0.15, 0.2) is 48.8 Å². The predicted octanol–water partition coefficient (Wildman–Crippen LogP) is 11.1. The van der Waals surface area contributed by atoms with Crippen molar-refractivity contribution in [1.82, 2.24) is 9.97 Å². The molecule has 0 amide bonds. The van der Waals surface area contributed by atoms with Gasteiger partial charge in [0.2, 0.25) is 0 Å². The van der Waals surface area contributed by atoms with Gasteiger partial charge in [-0.3, -0.25) is 0 Å². The lowest BCUT2D eigenvalue weighted by Gasteiger charge is -2.26. The van der Waals surface area contributed by atoms with Crippen molar-refractivity contribution in [1.29, 1.82) is 0 Å². The summed E-state index contributed by atoms with van der Waals surface area (Å²) < 4.78 is 0. The average molecular weight is 517 g/mol. The van der Waals surface area contributed by atoms with Crippen LogP contribution in [0.2, 0.25) is 0 Å². The first kappa shape index (κ1) is 30.6. The Morgan fingerprint density at radius 3 is 1.92 bits per heavy atom. The molecule has 210 valence electrons. The van der Waals surface area contributed by atoms with Crippen molar-refractivity contribution in [3.05, 3.63) is 59.9 Å². The van der Waals surface area contributed by atoms with Crippen molar-refractivity contribution in [2.45, 2.75) is 142 Å². The third-order valence-corrected chi connectivity index (χ3v) is 8.60. The first-order valence-corrected chi connectivity index (χ1v) is 16.3. The average Bonchev–Trinajstić information content (AvgIpc) is 2.96. The zero-order valence-corrected chi connectivity index (χ0v) is 24.8. The van der Waals surface area contributed by atoms with E-state index in [9.17, 15) is 0 Å². The standard InChI is InChI=1S/C36H56N2/c1-3-5-7-8-9-10-11-12-14-20-34-29-37-36(38-30-34)35-27-25-33(26-28-35)19-16-15-18-32-23-21-31(22-24-32)17-13-6-4-2/h15,18,25-32H,3-14,16-17,19-24H2,1-2H3/b18-15+. The molecule has 0 saturated heterocycles.